The van der Waals surface area contributed by atoms with E-state index < -0.39 is 0 Å². The normalized spacial score (nSPS) is 13.8. The number of para-hydroxylation sites is 4. The van der Waals surface area contributed by atoms with Crippen LogP contribution in [0.25, 0.3) is 22.3 Å². The van der Waals surface area contributed by atoms with Gasteiger partial charge < -0.3 is 28.9 Å². The molecular formula is C79H63B2N5O. The van der Waals surface area contributed by atoms with Crippen molar-refractivity contribution in [3.63, 3.8) is 0 Å². The zero-order chi connectivity index (χ0) is 58.6. The van der Waals surface area contributed by atoms with Crippen LogP contribution in [0.5, 0.6) is 0 Å². The Balaban J connectivity index is 0.981. The summed E-state index contributed by atoms with van der Waals surface area (Å²) in [5.74, 6) is 0. The molecule has 12 aromatic rings. The predicted molar refractivity (Wildman–Crippen MR) is 368 cm³/mol. The Kier molecular flexibility index (Phi) is 11.1. The maximum absolute atomic E-state index is 8.22. The quantitative estimate of drug-likeness (QED) is 0.148. The number of furan rings is 1. The van der Waals surface area contributed by atoms with Crippen LogP contribution in [0.3, 0.4) is 0 Å². The van der Waals surface area contributed by atoms with Gasteiger partial charge in [-0.3, -0.25) is 0 Å². The number of benzene rings is 11. The van der Waals surface area contributed by atoms with Crippen molar-refractivity contribution in [2.45, 2.75) is 59.3 Å². The first kappa shape index (κ1) is 51.3. The van der Waals surface area contributed by atoms with Gasteiger partial charge in [0.2, 0.25) is 0 Å². The Labute approximate surface area is 511 Å². The van der Waals surface area contributed by atoms with E-state index >= 15 is 0 Å². The summed E-state index contributed by atoms with van der Waals surface area (Å²) in [7, 11) is 0. The van der Waals surface area contributed by atoms with Gasteiger partial charge in [-0.1, -0.05) is 199 Å². The SMILES string of the molecule is Cc1cc2c3c(c1)N1c4ccccc4N4c5cc(N(c6ccccc6)c6ccccc6)cc6c5B(c5cc(-c7ccccc7)ccc5N6c5ccc(C(C)(C)C)cc5)c5oc(c1c54)B3c1ccc(-c3ccccc3)cc1N2c1ccc(C(C)(C)C)cc1. The molecule has 0 saturated heterocycles. The maximum atomic E-state index is 8.22. The zero-order valence-electron chi connectivity index (χ0n) is 50.0. The number of fused-ring (bicyclic) bond motifs is 11. The maximum Gasteiger partial charge on any atom is 0.297 e. The van der Waals surface area contributed by atoms with E-state index in [1.54, 1.807) is 0 Å². The summed E-state index contributed by atoms with van der Waals surface area (Å²) < 4.78 is 8.22. The fourth-order valence-corrected chi connectivity index (χ4v) is 14.8. The van der Waals surface area contributed by atoms with Crippen LogP contribution < -0.4 is 57.7 Å². The van der Waals surface area contributed by atoms with Crippen molar-refractivity contribution >= 4 is 132 Å². The number of hydrogen-bond acceptors (Lipinski definition) is 6. The largest absolute Gasteiger partial charge is 0.480 e. The van der Waals surface area contributed by atoms with E-state index in [-0.39, 0.29) is 24.3 Å². The molecule has 1 aromatic heterocycles. The molecule has 0 unspecified atom stereocenters. The molecular weight excluding hydrogens is 1060 g/mol. The van der Waals surface area contributed by atoms with Crippen molar-refractivity contribution < 1.29 is 4.42 Å². The molecule has 416 valence electrons. The van der Waals surface area contributed by atoms with Crippen molar-refractivity contribution in [2.75, 3.05) is 24.5 Å². The van der Waals surface area contributed by atoms with Gasteiger partial charge in [-0.15, -0.1) is 0 Å². The van der Waals surface area contributed by atoms with Crippen LogP contribution in [-0.4, -0.2) is 13.4 Å². The molecule has 0 bridgehead atoms. The van der Waals surface area contributed by atoms with Crippen LogP contribution in [-0.2, 0) is 10.8 Å². The van der Waals surface area contributed by atoms with Crippen LogP contribution >= 0.6 is 0 Å². The van der Waals surface area contributed by atoms with Crippen molar-refractivity contribution in [1.29, 1.82) is 0 Å². The second kappa shape index (κ2) is 18.9. The van der Waals surface area contributed by atoms with Gasteiger partial charge in [-0.2, -0.15) is 0 Å². The van der Waals surface area contributed by atoms with Gasteiger partial charge in [0.25, 0.3) is 13.4 Å². The Bertz CT molecular complexity index is 4700. The Morgan fingerprint density at radius 3 is 1.24 bits per heavy atom. The minimum atomic E-state index is -0.302. The number of rotatable bonds is 7. The third kappa shape index (κ3) is 7.76. The standard InChI is InChI=1S/C79H63B2N5O/c1-50-44-68-72-69(45-50)85-65-30-20-21-31-66(65)86-71-49-61(82(57-26-16-10-17-27-57)58-28-18-11-19-29-58)48-70-73(71)81(63-46-53(51-22-12-8-13-23-51)33-43-64(63)83(70)59-38-34-55(35-39-59)78(2,3)4)77-75(86)74(85)76(87-77)80(72)62-42-32-54(52-24-14-9-15-25-52)47-67(62)84(68)60-40-36-56(37-41-60)79(5,6)7/h8-49H,1-7H3. The molecule has 0 spiro atoms. The lowest BCUT2D eigenvalue weighted by atomic mass is 9.35. The Hall–Kier alpha value is -10.2. The van der Waals surface area contributed by atoms with Gasteiger partial charge in [0.05, 0.1) is 28.4 Å². The second-order valence-corrected chi connectivity index (χ2v) is 26.2. The van der Waals surface area contributed by atoms with Gasteiger partial charge in [0, 0.05) is 56.9 Å². The summed E-state index contributed by atoms with van der Waals surface area (Å²) in [6, 6.07) is 95.1. The molecule has 0 fully saturated rings. The van der Waals surface area contributed by atoms with E-state index in [0.29, 0.717) is 0 Å². The Morgan fingerprint density at radius 1 is 0.322 bits per heavy atom. The van der Waals surface area contributed by atoms with Crippen molar-refractivity contribution in [3.05, 3.63) is 271 Å². The number of hydrogen-bond donors (Lipinski definition) is 0. The molecule has 87 heavy (non-hydrogen) atoms. The van der Waals surface area contributed by atoms with Crippen LogP contribution in [0.15, 0.2) is 259 Å². The van der Waals surface area contributed by atoms with Gasteiger partial charge in [0.15, 0.2) is 0 Å². The molecule has 11 aromatic carbocycles. The first-order valence-electron chi connectivity index (χ1n) is 30.6. The lowest BCUT2D eigenvalue weighted by Crippen LogP contribution is -2.61. The molecule has 17 rings (SSSR count). The molecule has 5 aliphatic rings. The average Bonchev–Trinajstić information content (AvgIpc) is 1.59. The minimum Gasteiger partial charge on any atom is -0.480 e. The fourth-order valence-electron chi connectivity index (χ4n) is 14.8. The van der Waals surface area contributed by atoms with Gasteiger partial charge in [-0.25, -0.2) is 0 Å². The summed E-state index contributed by atoms with van der Waals surface area (Å²) in [5.41, 5.74) is 31.9. The highest BCUT2D eigenvalue weighted by Gasteiger charge is 2.56. The topological polar surface area (TPSA) is 29.3 Å². The van der Waals surface area contributed by atoms with E-state index in [4.69, 9.17) is 4.42 Å². The Morgan fingerprint density at radius 2 is 0.736 bits per heavy atom. The zero-order valence-corrected chi connectivity index (χ0v) is 50.0. The number of nitrogens with zero attached hydrogens (tertiary/aromatic N) is 5. The summed E-state index contributed by atoms with van der Waals surface area (Å²) in [6.07, 6.45) is 0. The van der Waals surface area contributed by atoms with E-state index in [9.17, 15) is 0 Å². The average molecular weight is 1120 g/mol. The highest BCUT2D eigenvalue weighted by Crippen LogP contribution is 2.59. The summed E-state index contributed by atoms with van der Waals surface area (Å²) >= 11 is 0. The highest BCUT2D eigenvalue weighted by molar-refractivity contribution is 7.02. The molecule has 6 heterocycles. The summed E-state index contributed by atoms with van der Waals surface area (Å²) in [5, 5.41) is 0. The third-order valence-corrected chi connectivity index (χ3v) is 18.8. The lowest BCUT2D eigenvalue weighted by molar-refractivity contribution is 0.590. The minimum absolute atomic E-state index is 0.000142. The number of anilines is 15. The van der Waals surface area contributed by atoms with Crippen molar-refractivity contribution in [2.24, 2.45) is 0 Å². The molecule has 0 radical (unpaired) electrons. The van der Waals surface area contributed by atoms with Gasteiger partial charge in [0.1, 0.15) is 11.4 Å². The van der Waals surface area contributed by atoms with Gasteiger partial charge in [-0.05, 0) is 176 Å². The van der Waals surface area contributed by atoms with Crippen LogP contribution in [0.1, 0.15) is 58.2 Å². The van der Waals surface area contributed by atoms with E-state index in [0.717, 1.165) is 96.5 Å². The van der Waals surface area contributed by atoms with Crippen LogP contribution in [0.4, 0.5) is 85.3 Å². The van der Waals surface area contributed by atoms with E-state index in [1.807, 2.05) is 0 Å². The second-order valence-electron chi connectivity index (χ2n) is 26.2. The lowest BCUT2D eigenvalue weighted by Gasteiger charge is -2.48. The monoisotopic (exact) mass is 1120 g/mol. The van der Waals surface area contributed by atoms with Crippen molar-refractivity contribution in [3.8, 4) is 22.3 Å². The van der Waals surface area contributed by atoms with Crippen LogP contribution in [0, 0.1) is 6.92 Å². The predicted octanol–water partition coefficient (Wildman–Crippen LogP) is 17.5. The van der Waals surface area contributed by atoms with Crippen LogP contribution in [0.2, 0.25) is 0 Å². The molecule has 0 amide bonds. The number of aryl methyl sites for hydroxylation is 1. The third-order valence-electron chi connectivity index (χ3n) is 18.8. The molecule has 0 atom stereocenters. The highest BCUT2D eigenvalue weighted by atomic mass is 16.3. The summed E-state index contributed by atoms with van der Waals surface area (Å²) in [4.78, 5) is 12.6. The van der Waals surface area contributed by atoms with Crippen molar-refractivity contribution in [1.82, 2.24) is 0 Å². The van der Waals surface area contributed by atoms with E-state index in [1.165, 1.54) is 60.9 Å². The molecule has 6 nitrogen and oxygen atoms in total. The van der Waals surface area contributed by atoms with Gasteiger partial charge >= 0.3 is 0 Å². The molecule has 0 saturated carbocycles. The fraction of sp³-hybridized carbons (Fsp3) is 0.114. The summed E-state index contributed by atoms with van der Waals surface area (Å²) in [6.45, 7) is 15.5. The first-order chi connectivity index (χ1) is 42.4. The first-order valence-corrected chi connectivity index (χ1v) is 30.6. The van der Waals surface area contributed by atoms with E-state index in [2.05, 4.69) is 328 Å². The molecule has 0 aliphatic carbocycles. The smallest absolute Gasteiger partial charge is 0.297 e. The molecule has 0 N–H and O–H groups in total. The molecule has 8 heteroatoms. The molecule has 5 aliphatic heterocycles.